The summed E-state index contributed by atoms with van der Waals surface area (Å²) < 4.78 is 6.73. The number of nitrogens with zero attached hydrogens (tertiary/aromatic N) is 2. The van der Waals surface area contributed by atoms with Crippen LogP contribution in [-0.4, -0.2) is 30.3 Å². The monoisotopic (exact) mass is 338 g/mol. The van der Waals surface area contributed by atoms with Crippen molar-refractivity contribution in [2.45, 2.75) is 18.6 Å². The fourth-order valence-corrected chi connectivity index (χ4v) is 3.71. The van der Waals surface area contributed by atoms with Crippen LogP contribution in [0.15, 0.2) is 28.9 Å². The molecule has 5 heteroatoms. The predicted molar refractivity (Wildman–Crippen MR) is 79.9 cm³/mol. The summed E-state index contributed by atoms with van der Waals surface area (Å²) in [5, 5.41) is 2.79. The molecule has 3 nitrogen and oxygen atoms in total. The fourth-order valence-electron chi connectivity index (χ4n) is 3.11. The van der Waals surface area contributed by atoms with Crippen LogP contribution in [0.4, 0.5) is 5.69 Å². The Balaban J connectivity index is 1.90. The molecule has 0 N–H and O–H groups in total. The second-order valence-electron chi connectivity index (χ2n) is 5.12. The first-order valence-electron chi connectivity index (χ1n) is 6.34. The van der Waals surface area contributed by atoms with Gasteiger partial charge in [0.05, 0.1) is 18.8 Å². The second kappa shape index (κ2) is 4.33. The van der Waals surface area contributed by atoms with Crippen molar-refractivity contribution in [3.63, 3.8) is 0 Å². The molecular formula is C14H12BrClN2O. The minimum absolute atomic E-state index is 0.390. The van der Waals surface area contributed by atoms with Gasteiger partial charge in [-0.15, -0.1) is 0 Å². The minimum Gasteiger partial charge on any atom is -0.374 e. The van der Waals surface area contributed by atoms with E-state index in [9.17, 15) is 0 Å². The van der Waals surface area contributed by atoms with E-state index in [1.807, 2.05) is 12.3 Å². The summed E-state index contributed by atoms with van der Waals surface area (Å²) >= 11 is 9.64. The van der Waals surface area contributed by atoms with E-state index in [4.69, 9.17) is 16.3 Å². The maximum absolute atomic E-state index is 6.06. The molecule has 0 spiro atoms. The van der Waals surface area contributed by atoms with E-state index >= 15 is 0 Å². The van der Waals surface area contributed by atoms with Crippen LogP contribution < -0.4 is 4.90 Å². The average Bonchev–Trinajstić information content (AvgIpc) is 3.01. The van der Waals surface area contributed by atoms with Gasteiger partial charge in [0.2, 0.25) is 0 Å². The number of ether oxygens (including phenoxy) is 1. The van der Waals surface area contributed by atoms with E-state index in [-0.39, 0.29) is 0 Å². The lowest BCUT2D eigenvalue weighted by atomic mass is 10.1. The Bertz CT molecular complexity index is 663. The number of hydrogen-bond acceptors (Lipinski definition) is 3. The summed E-state index contributed by atoms with van der Waals surface area (Å²) in [7, 11) is 0. The number of halogens is 2. The first-order chi connectivity index (χ1) is 9.22. The standard InChI is InChI=1S/C14H12BrClN2O/c15-12-1-2-13(10-4-14(16)17-5-11(10)12)18-6-9-3-8(18)7-19-9/h1-2,4-5,8-9H,3,6-7H2/t8-,9-/m1/s1. The van der Waals surface area contributed by atoms with Gasteiger partial charge >= 0.3 is 0 Å². The first-order valence-corrected chi connectivity index (χ1v) is 7.51. The second-order valence-corrected chi connectivity index (χ2v) is 6.36. The molecule has 3 heterocycles. The van der Waals surface area contributed by atoms with Crippen molar-refractivity contribution in [3.8, 4) is 0 Å². The number of pyridine rings is 1. The van der Waals surface area contributed by atoms with Gasteiger partial charge in [-0.05, 0) is 24.6 Å². The molecule has 98 valence electrons. The van der Waals surface area contributed by atoms with Crippen molar-refractivity contribution in [2.24, 2.45) is 0 Å². The first kappa shape index (κ1) is 11.9. The topological polar surface area (TPSA) is 25.4 Å². The molecule has 19 heavy (non-hydrogen) atoms. The van der Waals surface area contributed by atoms with Crippen molar-refractivity contribution in [1.82, 2.24) is 4.98 Å². The molecule has 0 aliphatic carbocycles. The molecule has 2 fully saturated rings. The van der Waals surface area contributed by atoms with Gasteiger partial charge in [-0.2, -0.15) is 0 Å². The molecular weight excluding hydrogens is 328 g/mol. The Morgan fingerprint density at radius 1 is 1.37 bits per heavy atom. The van der Waals surface area contributed by atoms with Crippen molar-refractivity contribution in [2.75, 3.05) is 18.1 Å². The molecule has 4 rings (SSSR count). The van der Waals surface area contributed by atoms with Gasteiger partial charge < -0.3 is 9.64 Å². The van der Waals surface area contributed by atoms with E-state index in [0.29, 0.717) is 17.3 Å². The number of benzene rings is 1. The van der Waals surface area contributed by atoms with E-state index in [0.717, 1.165) is 34.8 Å². The summed E-state index contributed by atoms with van der Waals surface area (Å²) in [5.41, 5.74) is 1.23. The van der Waals surface area contributed by atoms with Crippen molar-refractivity contribution in [3.05, 3.63) is 34.0 Å². The Kier molecular flexibility index (Phi) is 2.72. The lowest BCUT2D eigenvalue weighted by Gasteiger charge is -2.30. The minimum atomic E-state index is 0.390. The van der Waals surface area contributed by atoms with Crippen molar-refractivity contribution < 1.29 is 4.74 Å². The number of morpholine rings is 1. The quantitative estimate of drug-likeness (QED) is 0.742. The van der Waals surface area contributed by atoms with Gasteiger partial charge in [-0.3, -0.25) is 0 Å². The Morgan fingerprint density at radius 2 is 2.26 bits per heavy atom. The molecule has 2 aromatic rings. The summed E-state index contributed by atoms with van der Waals surface area (Å²) in [5.74, 6) is 0. The summed E-state index contributed by atoms with van der Waals surface area (Å²) in [4.78, 5) is 6.62. The highest BCUT2D eigenvalue weighted by Gasteiger charge is 2.39. The highest BCUT2D eigenvalue weighted by molar-refractivity contribution is 9.10. The van der Waals surface area contributed by atoms with Crippen LogP contribution in [0.3, 0.4) is 0 Å². The average molecular weight is 340 g/mol. The molecule has 2 bridgehead atoms. The van der Waals surface area contributed by atoms with E-state index in [1.54, 1.807) is 0 Å². The summed E-state index contributed by atoms with van der Waals surface area (Å²) in [6.07, 6.45) is 3.35. The van der Waals surface area contributed by atoms with Gasteiger partial charge in [0, 0.05) is 33.7 Å². The third-order valence-corrected chi connectivity index (χ3v) is 4.90. The molecule has 0 amide bonds. The van der Waals surface area contributed by atoms with Crippen LogP contribution in [0.1, 0.15) is 6.42 Å². The number of rotatable bonds is 1. The maximum Gasteiger partial charge on any atom is 0.129 e. The van der Waals surface area contributed by atoms with E-state index in [2.05, 4.69) is 37.9 Å². The van der Waals surface area contributed by atoms with Crippen LogP contribution in [-0.2, 0) is 4.74 Å². The van der Waals surface area contributed by atoms with Crippen LogP contribution >= 0.6 is 27.5 Å². The smallest absolute Gasteiger partial charge is 0.129 e. The number of fused-ring (bicyclic) bond motifs is 3. The summed E-state index contributed by atoms with van der Waals surface area (Å²) in [6.45, 7) is 1.81. The molecule has 0 unspecified atom stereocenters. The fraction of sp³-hybridized carbons (Fsp3) is 0.357. The Morgan fingerprint density at radius 3 is 3.00 bits per heavy atom. The molecule has 2 atom stereocenters. The number of anilines is 1. The third-order valence-electron chi connectivity index (χ3n) is 4.00. The third kappa shape index (κ3) is 1.85. The van der Waals surface area contributed by atoms with Crippen LogP contribution in [0, 0.1) is 0 Å². The summed E-state index contributed by atoms with van der Waals surface area (Å²) in [6, 6.07) is 6.69. The number of hydrogen-bond donors (Lipinski definition) is 0. The zero-order valence-corrected chi connectivity index (χ0v) is 12.5. The van der Waals surface area contributed by atoms with E-state index < -0.39 is 0 Å². The van der Waals surface area contributed by atoms with Gasteiger partial charge in [-0.25, -0.2) is 4.98 Å². The van der Waals surface area contributed by atoms with Crippen LogP contribution in [0.5, 0.6) is 0 Å². The Labute approximate surface area is 124 Å². The van der Waals surface area contributed by atoms with Gasteiger partial charge in [0.25, 0.3) is 0 Å². The lowest BCUT2D eigenvalue weighted by Crippen LogP contribution is -2.37. The van der Waals surface area contributed by atoms with Gasteiger partial charge in [-0.1, -0.05) is 27.5 Å². The molecule has 0 radical (unpaired) electrons. The lowest BCUT2D eigenvalue weighted by molar-refractivity contribution is 0.0992. The highest BCUT2D eigenvalue weighted by Crippen LogP contribution is 2.39. The molecule has 1 aromatic carbocycles. The van der Waals surface area contributed by atoms with E-state index in [1.165, 1.54) is 5.69 Å². The van der Waals surface area contributed by atoms with Crippen LogP contribution in [0.25, 0.3) is 10.8 Å². The predicted octanol–water partition coefficient (Wildman–Crippen LogP) is 3.63. The molecule has 1 aromatic heterocycles. The molecule has 0 saturated carbocycles. The zero-order valence-electron chi connectivity index (χ0n) is 10.1. The SMILES string of the molecule is Clc1cc2c(N3C[C@H]4C[C@@H]3CO4)ccc(Br)c2cn1. The largest absolute Gasteiger partial charge is 0.374 e. The molecule has 2 aliphatic rings. The Hall–Kier alpha value is -0.840. The number of aromatic nitrogens is 1. The molecule has 2 aliphatic heterocycles. The zero-order chi connectivity index (χ0) is 13.0. The van der Waals surface area contributed by atoms with Gasteiger partial charge in [0.1, 0.15) is 5.15 Å². The van der Waals surface area contributed by atoms with Crippen molar-refractivity contribution >= 4 is 44.0 Å². The normalized spacial score (nSPS) is 25.5. The van der Waals surface area contributed by atoms with Gasteiger partial charge in [0.15, 0.2) is 0 Å². The molecule has 2 saturated heterocycles. The van der Waals surface area contributed by atoms with Crippen molar-refractivity contribution in [1.29, 1.82) is 0 Å². The van der Waals surface area contributed by atoms with Crippen LogP contribution in [0.2, 0.25) is 5.15 Å². The maximum atomic E-state index is 6.06. The highest BCUT2D eigenvalue weighted by atomic mass is 79.9.